The number of rotatable bonds is 2. The smallest absolute Gasteiger partial charge is 0.332 e. The number of nitrogens with zero attached hydrogens (tertiary/aromatic N) is 6. The van der Waals surface area contributed by atoms with Gasteiger partial charge in [0.15, 0.2) is 0 Å². The SMILES string of the molecule is Cc1cc(C(=O)N2CCc3c(nn(C)c3-c3cc(C(F)(F)F)n(C)n3)C2)c2cc(F)ccc2n1. The van der Waals surface area contributed by atoms with E-state index in [1.807, 2.05) is 0 Å². The van der Waals surface area contributed by atoms with E-state index in [0.717, 1.165) is 16.3 Å². The maximum atomic E-state index is 13.9. The molecule has 0 radical (unpaired) electrons. The van der Waals surface area contributed by atoms with Crippen LogP contribution in [0.15, 0.2) is 30.3 Å². The van der Waals surface area contributed by atoms with Gasteiger partial charge in [0.05, 0.1) is 29.0 Å². The molecule has 0 spiro atoms. The molecule has 34 heavy (non-hydrogen) atoms. The zero-order valence-corrected chi connectivity index (χ0v) is 18.6. The Morgan fingerprint density at radius 2 is 1.82 bits per heavy atom. The molecule has 0 atom stereocenters. The van der Waals surface area contributed by atoms with Crippen LogP contribution in [0.4, 0.5) is 17.6 Å². The van der Waals surface area contributed by atoms with Crippen LogP contribution in [0.25, 0.3) is 22.3 Å². The number of benzene rings is 1. The highest BCUT2D eigenvalue weighted by atomic mass is 19.4. The summed E-state index contributed by atoms with van der Waals surface area (Å²) >= 11 is 0. The van der Waals surface area contributed by atoms with E-state index in [0.29, 0.717) is 46.5 Å². The highest BCUT2D eigenvalue weighted by Crippen LogP contribution is 2.35. The molecular weight excluding hydrogens is 452 g/mol. The van der Waals surface area contributed by atoms with E-state index < -0.39 is 17.7 Å². The molecule has 1 aliphatic rings. The molecule has 1 aliphatic heterocycles. The Hall–Kier alpha value is -3.76. The number of amides is 1. The first-order valence-corrected chi connectivity index (χ1v) is 10.6. The van der Waals surface area contributed by atoms with Gasteiger partial charge in [-0.05, 0) is 43.7 Å². The van der Waals surface area contributed by atoms with Gasteiger partial charge in [0.2, 0.25) is 0 Å². The molecule has 7 nitrogen and oxygen atoms in total. The lowest BCUT2D eigenvalue weighted by atomic mass is 10.0. The number of aryl methyl sites for hydroxylation is 3. The lowest BCUT2D eigenvalue weighted by molar-refractivity contribution is -0.143. The standard InChI is InChI=1S/C23H20F4N6O/c1-12-8-16(15-9-13(24)4-5-17(15)28-12)22(34)33-7-6-14-19(11-33)30-32(3)21(14)18-10-20(23(25,26)27)31(2)29-18/h4-5,8-10H,6-7,11H2,1-3H3. The van der Waals surface area contributed by atoms with Crippen molar-refractivity contribution in [2.45, 2.75) is 26.1 Å². The number of fused-ring (bicyclic) bond motifs is 2. The molecule has 4 heterocycles. The van der Waals surface area contributed by atoms with E-state index in [1.54, 1.807) is 24.9 Å². The van der Waals surface area contributed by atoms with Crippen molar-refractivity contribution in [3.8, 4) is 11.4 Å². The summed E-state index contributed by atoms with van der Waals surface area (Å²) in [7, 11) is 2.89. The molecule has 1 amide bonds. The minimum Gasteiger partial charge on any atom is -0.332 e. The summed E-state index contributed by atoms with van der Waals surface area (Å²) in [6, 6.07) is 6.77. The molecule has 1 aromatic carbocycles. The fraction of sp³-hybridized carbons (Fsp3) is 0.304. The first-order valence-electron chi connectivity index (χ1n) is 10.6. The van der Waals surface area contributed by atoms with Gasteiger partial charge in [-0.25, -0.2) is 4.39 Å². The van der Waals surface area contributed by atoms with Crippen LogP contribution in [0.1, 0.15) is 33.0 Å². The number of pyridine rings is 1. The average molecular weight is 472 g/mol. The normalized spacial score (nSPS) is 14.0. The Bertz CT molecular complexity index is 1450. The van der Waals surface area contributed by atoms with Crippen LogP contribution >= 0.6 is 0 Å². The Labute approximate surface area is 191 Å². The van der Waals surface area contributed by atoms with Gasteiger partial charge in [-0.3, -0.25) is 19.1 Å². The highest BCUT2D eigenvalue weighted by molar-refractivity contribution is 6.06. The maximum Gasteiger partial charge on any atom is 0.433 e. The second-order valence-corrected chi connectivity index (χ2v) is 8.38. The van der Waals surface area contributed by atoms with Crippen molar-refractivity contribution in [3.05, 3.63) is 64.4 Å². The van der Waals surface area contributed by atoms with Crippen molar-refractivity contribution in [2.75, 3.05) is 6.54 Å². The summed E-state index contributed by atoms with van der Waals surface area (Å²) in [5, 5.41) is 8.95. The van der Waals surface area contributed by atoms with E-state index >= 15 is 0 Å². The Morgan fingerprint density at radius 1 is 1.06 bits per heavy atom. The number of aromatic nitrogens is 5. The Kier molecular flexibility index (Phi) is 4.96. The van der Waals surface area contributed by atoms with Crippen LogP contribution in [-0.2, 0) is 33.2 Å². The molecule has 4 aromatic rings. The molecule has 0 saturated heterocycles. The van der Waals surface area contributed by atoms with Crippen LogP contribution in [-0.4, -0.2) is 41.9 Å². The third kappa shape index (κ3) is 3.61. The summed E-state index contributed by atoms with van der Waals surface area (Å²) in [6.07, 6.45) is -4.12. The molecule has 5 rings (SSSR count). The second kappa shape index (κ2) is 7.64. The number of carbonyl (C=O) groups excluding carboxylic acids is 1. The molecule has 0 saturated carbocycles. The lowest BCUT2D eigenvalue weighted by Crippen LogP contribution is -2.36. The van der Waals surface area contributed by atoms with E-state index in [-0.39, 0.29) is 18.1 Å². The summed E-state index contributed by atoms with van der Waals surface area (Å²) in [5.74, 6) is -0.743. The topological polar surface area (TPSA) is 68.8 Å². The number of alkyl halides is 3. The van der Waals surface area contributed by atoms with E-state index in [9.17, 15) is 22.4 Å². The Balaban J connectivity index is 1.49. The minimum atomic E-state index is -4.52. The van der Waals surface area contributed by atoms with Crippen molar-refractivity contribution in [1.82, 2.24) is 29.4 Å². The van der Waals surface area contributed by atoms with Crippen LogP contribution < -0.4 is 0 Å². The molecule has 3 aromatic heterocycles. The summed E-state index contributed by atoms with van der Waals surface area (Å²) in [4.78, 5) is 19.4. The number of hydrogen-bond acceptors (Lipinski definition) is 4. The van der Waals surface area contributed by atoms with Crippen LogP contribution in [0.3, 0.4) is 0 Å². The van der Waals surface area contributed by atoms with Gasteiger partial charge in [0, 0.05) is 37.3 Å². The molecule has 0 aliphatic carbocycles. The predicted molar refractivity (Wildman–Crippen MR) is 115 cm³/mol. The fourth-order valence-corrected chi connectivity index (χ4v) is 4.54. The van der Waals surface area contributed by atoms with E-state index in [1.165, 1.54) is 29.9 Å². The van der Waals surface area contributed by atoms with E-state index in [4.69, 9.17) is 0 Å². The first-order chi connectivity index (χ1) is 16.0. The monoisotopic (exact) mass is 472 g/mol. The van der Waals surface area contributed by atoms with Crippen molar-refractivity contribution >= 4 is 16.8 Å². The zero-order valence-electron chi connectivity index (χ0n) is 18.6. The molecular formula is C23H20F4N6O. The van der Waals surface area contributed by atoms with Gasteiger partial charge < -0.3 is 4.90 Å². The molecule has 0 bridgehead atoms. The van der Waals surface area contributed by atoms with Gasteiger partial charge in [0.1, 0.15) is 17.2 Å². The maximum absolute atomic E-state index is 13.9. The first kappa shape index (κ1) is 22.1. The largest absolute Gasteiger partial charge is 0.433 e. The third-order valence-corrected chi connectivity index (χ3v) is 6.03. The summed E-state index contributed by atoms with van der Waals surface area (Å²) in [5.41, 5.74) is 2.70. The molecule has 176 valence electrons. The molecule has 11 heteroatoms. The van der Waals surface area contributed by atoms with Crippen molar-refractivity contribution in [3.63, 3.8) is 0 Å². The van der Waals surface area contributed by atoms with Crippen molar-refractivity contribution < 1.29 is 22.4 Å². The Morgan fingerprint density at radius 3 is 2.53 bits per heavy atom. The van der Waals surface area contributed by atoms with E-state index in [2.05, 4.69) is 15.2 Å². The van der Waals surface area contributed by atoms with Gasteiger partial charge in [-0.2, -0.15) is 23.4 Å². The fourth-order valence-electron chi connectivity index (χ4n) is 4.54. The van der Waals surface area contributed by atoms with Crippen molar-refractivity contribution in [2.24, 2.45) is 14.1 Å². The molecule has 0 N–H and O–H groups in total. The molecule has 0 fully saturated rings. The van der Waals surface area contributed by atoms with Crippen molar-refractivity contribution in [1.29, 1.82) is 0 Å². The van der Waals surface area contributed by atoms with Crippen LogP contribution in [0.5, 0.6) is 0 Å². The summed E-state index contributed by atoms with van der Waals surface area (Å²) < 4.78 is 56.0. The predicted octanol–water partition coefficient (Wildman–Crippen LogP) is 4.03. The quantitative estimate of drug-likeness (QED) is 0.413. The third-order valence-electron chi connectivity index (χ3n) is 6.03. The lowest BCUT2D eigenvalue weighted by Gasteiger charge is -2.27. The molecule has 0 unspecified atom stereocenters. The van der Waals surface area contributed by atoms with Gasteiger partial charge in [-0.1, -0.05) is 0 Å². The van der Waals surface area contributed by atoms with Gasteiger partial charge in [0.25, 0.3) is 5.91 Å². The zero-order chi connectivity index (χ0) is 24.4. The van der Waals surface area contributed by atoms with Gasteiger partial charge >= 0.3 is 6.18 Å². The number of halogens is 4. The van der Waals surface area contributed by atoms with Crippen LogP contribution in [0, 0.1) is 12.7 Å². The van der Waals surface area contributed by atoms with Crippen LogP contribution in [0.2, 0.25) is 0 Å². The average Bonchev–Trinajstić information content (AvgIpc) is 3.30. The van der Waals surface area contributed by atoms with Gasteiger partial charge in [-0.15, -0.1) is 0 Å². The number of carbonyl (C=O) groups is 1. The summed E-state index contributed by atoms with van der Waals surface area (Å²) in [6.45, 7) is 2.28. The minimum absolute atomic E-state index is 0.178. The second-order valence-electron chi connectivity index (χ2n) is 8.38. The number of hydrogen-bond donors (Lipinski definition) is 0. The highest BCUT2D eigenvalue weighted by Gasteiger charge is 2.36.